The van der Waals surface area contributed by atoms with Gasteiger partial charge in [0.1, 0.15) is 5.75 Å². The fourth-order valence-corrected chi connectivity index (χ4v) is 4.58. The molecule has 0 fully saturated rings. The van der Waals surface area contributed by atoms with Gasteiger partial charge in [-0.15, -0.1) is 0 Å². The van der Waals surface area contributed by atoms with Crippen LogP contribution in [-0.4, -0.2) is 44.5 Å². The van der Waals surface area contributed by atoms with Crippen LogP contribution in [0.4, 0.5) is 11.4 Å². The van der Waals surface area contributed by atoms with E-state index in [1.165, 1.54) is 7.11 Å². The van der Waals surface area contributed by atoms with Gasteiger partial charge in [-0.25, -0.2) is 0 Å². The molecule has 0 aromatic heterocycles. The van der Waals surface area contributed by atoms with Gasteiger partial charge in [0.15, 0.2) is 0 Å². The van der Waals surface area contributed by atoms with Crippen LogP contribution in [0.25, 0.3) is 0 Å². The van der Waals surface area contributed by atoms with Crippen molar-refractivity contribution in [1.82, 2.24) is 4.90 Å². The van der Waals surface area contributed by atoms with Gasteiger partial charge in [-0.3, -0.25) is 9.59 Å². The molecule has 0 spiro atoms. The lowest BCUT2D eigenvalue weighted by molar-refractivity contribution is 0.0985. The Morgan fingerprint density at radius 2 is 1.76 bits per heavy atom. The Hall–Kier alpha value is -3.64. The van der Waals surface area contributed by atoms with Crippen molar-refractivity contribution in [3.63, 3.8) is 0 Å². The maximum absolute atomic E-state index is 13.6. The molecule has 6 heteroatoms. The molecule has 4 rings (SSSR count). The first-order valence-corrected chi connectivity index (χ1v) is 11.5. The summed E-state index contributed by atoms with van der Waals surface area (Å²) < 4.78 is 5.54. The molecule has 6 nitrogen and oxygen atoms in total. The Balaban J connectivity index is 1.62. The molecule has 1 atom stereocenters. The molecule has 1 unspecified atom stereocenters. The Labute approximate surface area is 201 Å². The molecule has 0 saturated heterocycles. The average Bonchev–Trinajstić information content (AvgIpc) is 3.04. The number of benzene rings is 3. The van der Waals surface area contributed by atoms with Crippen molar-refractivity contribution in [3.8, 4) is 5.75 Å². The van der Waals surface area contributed by atoms with Crippen LogP contribution in [-0.2, 0) is 0 Å². The van der Waals surface area contributed by atoms with Gasteiger partial charge in [0.05, 0.1) is 12.8 Å². The van der Waals surface area contributed by atoms with Crippen molar-refractivity contribution in [2.24, 2.45) is 0 Å². The second kappa shape index (κ2) is 10.1. The van der Waals surface area contributed by atoms with E-state index in [-0.39, 0.29) is 17.9 Å². The van der Waals surface area contributed by atoms with Crippen LogP contribution < -0.4 is 15.0 Å². The number of aryl methyl sites for hydroxylation is 1. The highest BCUT2D eigenvalue weighted by molar-refractivity contribution is 6.09. The fourth-order valence-electron chi connectivity index (χ4n) is 4.58. The monoisotopic (exact) mass is 457 g/mol. The van der Waals surface area contributed by atoms with E-state index in [9.17, 15) is 9.59 Å². The number of hydrogen-bond acceptors (Lipinski definition) is 4. The van der Waals surface area contributed by atoms with E-state index in [0.717, 1.165) is 29.7 Å². The predicted octanol–water partition coefficient (Wildman–Crippen LogP) is 5.30. The number of fused-ring (bicyclic) bond motifs is 1. The van der Waals surface area contributed by atoms with Crippen LogP contribution in [0, 0.1) is 6.92 Å². The Morgan fingerprint density at radius 1 is 1.03 bits per heavy atom. The van der Waals surface area contributed by atoms with Crippen molar-refractivity contribution in [2.45, 2.75) is 25.8 Å². The van der Waals surface area contributed by atoms with Crippen LogP contribution in [0.2, 0.25) is 0 Å². The number of para-hydroxylation sites is 1. The summed E-state index contributed by atoms with van der Waals surface area (Å²) in [6.07, 6.45) is 1.89. The van der Waals surface area contributed by atoms with Gasteiger partial charge >= 0.3 is 0 Å². The number of carbonyl (C=O) groups is 2. The lowest BCUT2D eigenvalue weighted by Crippen LogP contribution is -2.32. The van der Waals surface area contributed by atoms with E-state index in [1.807, 2.05) is 48.2 Å². The van der Waals surface area contributed by atoms with Gasteiger partial charge in [0.2, 0.25) is 0 Å². The fraction of sp³-hybridized carbons (Fsp3) is 0.286. The minimum absolute atomic E-state index is 0.0815. The third kappa shape index (κ3) is 4.68. The third-order valence-corrected chi connectivity index (χ3v) is 6.40. The number of nitrogens with one attached hydrogen (secondary N) is 1. The van der Waals surface area contributed by atoms with E-state index in [1.54, 1.807) is 24.3 Å². The van der Waals surface area contributed by atoms with Crippen molar-refractivity contribution < 1.29 is 14.3 Å². The van der Waals surface area contributed by atoms with E-state index in [4.69, 9.17) is 4.74 Å². The number of methoxy groups -OCH3 is 1. The second-order valence-electron chi connectivity index (χ2n) is 8.82. The van der Waals surface area contributed by atoms with Gasteiger partial charge in [0, 0.05) is 29.4 Å². The molecular weight excluding hydrogens is 426 g/mol. The van der Waals surface area contributed by atoms with E-state index in [2.05, 4.69) is 30.4 Å². The van der Waals surface area contributed by atoms with E-state index < -0.39 is 0 Å². The van der Waals surface area contributed by atoms with E-state index in [0.29, 0.717) is 29.1 Å². The Morgan fingerprint density at radius 3 is 2.50 bits per heavy atom. The number of amides is 2. The summed E-state index contributed by atoms with van der Waals surface area (Å²) in [4.78, 5) is 30.5. The molecule has 2 amide bonds. The first-order valence-electron chi connectivity index (χ1n) is 11.5. The van der Waals surface area contributed by atoms with Gasteiger partial charge in [0.25, 0.3) is 11.8 Å². The van der Waals surface area contributed by atoms with Crippen LogP contribution in [0.15, 0.2) is 66.7 Å². The van der Waals surface area contributed by atoms with Gasteiger partial charge in [-0.2, -0.15) is 0 Å². The maximum atomic E-state index is 13.6. The molecule has 3 aromatic carbocycles. The zero-order chi connectivity index (χ0) is 24.2. The predicted molar refractivity (Wildman–Crippen MR) is 136 cm³/mol. The largest absolute Gasteiger partial charge is 0.495 e. The maximum Gasteiger partial charge on any atom is 0.258 e. The SMILES string of the molecule is COc1cc(C(=O)N2CCCC(N(C)C)c3ccccc32)ccc1NC(=O)c1ccccc1C. The topological polar surface area (TPSA) is 61.9 Å². The van der Waals surface area contributed by atoms with Crippen molar-refractivity contribution in [3.05, 3.63) is 89.0 Å². The van der Waals surface area contributed by atoms with Crippen molar-refractivity contribution in [1.29, 1.82) is 0 Å². The first kappa shape index (κ1) is 23.5. The minimum atomic E-state index is -0.216. The van der Waals surface area contributed by atoms with Gasteiger partial charge in [-0.05, 0) is 75.3 Å². The lowest BCUT2D eigenvalue weighted by atomic mass is 10.0. The summed E-state index contributed by atoms with van der Waals surface area (Å²) in [6, 6.07) is 21.0. The quantitative estimate of drug-likeness (QED) is 0.565. The van der Waals surface area contributed by atoms with Gasteiger partial charge in [-0.1, -0.05) is 36.4 Å². The molecule has 1 heterocycles. The van der Waals surface area contributed by atoms with Crippen molar-refractivity contribution >= 4 is 23.2 Å². The molecule has 0 saturated carbocycles. The molecule has 0 radical (unpaired) electrons. The highest BCUT2D eigenvalue weighted by atomic mass is 16.5. The highest BCUT2D eigenvalue weighted by Crippen LogP contribution is 2.36. The second-order valence-corrected chi connectivity index (χ2v) is 8.82. The van der Waals surface area contributed by atoms with Crippen LogP contribution >= 0.6 is 0 Å². The number of nitrogens with zero attached hydrogens (tertiary/aromatic N) is 2. The lowest BCUT2D eigenvalue weighted by Gasteiger charge is -2.27. The first-order chi connectivity index (χ1) is 16.4. The average molecular weight is 458 g/mol. The molecule has 0 aliphatic carbocycles. The molecule has 1 aliphatic heterocycles. The number of hydrogen-bond donors (Lipinski definition) is 1. The summed E-state index contributed by atoms with van der Waals surface area (Å²) in [5.41, 5.74) is 4.63. The number of carbonyl (C=O) groups excluding carboxylic acids is 2. The highest BCUT2D eigenvalue weighted by Gasteiger charge is 2.28. The Bertz CT molecular complexity index is 1210. The summed E-state index contributed by atoms with van der Waals surface area (Å²) in [6.45, 7) is 2.54. The smallest absolute Gasteiger partial charge is 0.258 e. The summed E-state index contributed by atoms with van der Waals surface area (Å²) >= 11 is 0. The molecule has 1 N–H and O–H groups in total. The molecule has 0 bridgehead atoms. The standard InChI is InChI=1S/C28H31N3O3/c1-19-10-5-6-11-21(19)27(32)29-23-16-15-20(18-26(23)34-4)28(33)31-17-9-14-24(30(2)3)22-12-7-8-13-25(22)31/h5-8,10-13,15-16,18,24H,9,14,17H2,1-4H3,(H,29,32). The number of ether oxygens (including phenoxy) is 1. The third-order valence-electron chi connectivity index (χ3n) is 6.40. The molecule has 1 aliphatic rings. The molecular formula is C28H31N3O3. The summed E-state index contributed by atoms with van der Waals surface area (Å²) in [5, 5.41) is 2.91. The molecule has 3 aromatic rings. The zero-order valence-electron chi connectivity index (χ0n) is 20.2. The van der Waals surface area contributed by atoms with Crippen LogP contribution in [0.5, 0.6) is 5.75 Å². The van der Waals surface area contributed by atoms with E-state index >= 15 is 0 Å². The van der Waals surface area contributed by atoms with Gasteiger partial charge < -0.3 is 19.9 Å². The zero-order valence-corrected chi connectivity index (χ0v) is 20.2. The summed E-state index contributed by atoms with van der Waals surface area (Å²) in [5.74, 6) is 0.149. The van der Waals surface area contributed by atoms with Crippen LogP contribution in [0.3, 0.4) is 0 Å². The van der Waals surface area contributed by atoms with Crippen molar-refractivity contribution in [2.75, 3.05) is 38.0 Å². The molecule has 34 heavy (non-hydrogen) atoms. The summed E-state index contributed by atoms with van der Waals surface area (Å²) in [7, 11) is 5.69. The molecule has 176 valence electrons. The number of anilines is 2. The Kier molecular flexibility index (Phi) is 6.98. The number of rotatable bonds is 5. The minimum Gasteiger partial charge on any atom is -0.495 e. The van der Waals surface area contributed by atoms with Crippen LogP contribution in [0.1, 0.15) is 50.7 Å². The normalized spacial score (nSPS) is 15.4.